The largest absolute Gasteiger partial charge is 0.497 e. The molecule has 1 aromatic carbocycles. The Kier molecular flexibility index (Phi) is 1.81. The van der Waals surface area contributed by atoms with Crippen LogP contribution in [-0.4, -0.2) is 24.6 Å². The molecule has 0 radical (unpaired) electrons. The van der Waals surface area contributed by atoms with E-state index in [1.807, 2.05) is 6.07 Å². The Morgan fingerprint density at radius 1 is 1.54 bits per heavy atom. The topological polar surface area (TPSA) is 51.0 Å². The highest BCUT2D eigenvalue weighted by atomic mass is 16.5. The van der Waals surface area contributed by atoms with E-state index < -0.39 is 0 Å². The van der Waals surface area contributed by atoms with Crippen LogP contribution in [0.15, 0.2) is 23.4 Å². The lowest BCUT2D eigenvalue weighted by Gasteiger charge is -2.01. The minimum Gasteiger partial charge on any atom is -0.497 e. The van der Waals surface area contributed by atoms with Gasteiger partial charge in [0, 0.05) is 11.6 Å². The predicted octanol–water partition coefficient (Wildman–Crippen LogP) is 1.27. The molecule has 0 unspecified atom stereocenters. The molecule has 0 bridgehead atoms. The van der Waals surface area contributed by atoms with Crippen molar-refractivity contribution < 1.29 is 14.7 Å². The van der Waals surface area contributed by atoms with Gasteiger partial charge in [0.1, 0.15) is 23.8 Å². The van der Waals surface area contributed by atoms with Crippen molar-refractivity contribution in [2.24, 2.45) is 5.16 Å². The summed E-state index contributed by atoms with van der Waals surface area (Å²) in [5.41, 5.74) is 1.38. The molecule has 4 heteroatoms. The SMILES string of the molecule is COc1ccc2c(c1)OC/C2=N/O. The molecule has 1 heterocycles. The monoisotopic (exact) mass is 179 g/mol. The molecule has 0 fully saturated rings. The molecule has 1 aromatic rings. The molecule has 1 N–H and O–H groups in total. The van der Waals surface area contributed by atoms with Gasteiger partial charge in [0.15, 0.2) is 0 Å². The lowest BCUT2D eigenvalue weighted by Crippen LogP contribution is -2.01. The predicted molar refractivity (Wildman–Crippen MR) is 46.8 cm³/mol. The van der Waals surface area contributed by atoms with E-state index in [1.54, 1.807) is 19.2 Å². The zero-order valence-corrected chi connectivity index (χ0v) is 7.15. The fourth-order valence-corrected chi connectivity index (χ4v) is 1.29. The zero-order chi connectivity index (χ0) is 9.26. The van der Waals surface area contributed by atoms with Crippen LogP contribution >= 0.6 is 0 Å². The molecule has 13 heavy (non-hydrogen) atoms. The molecule has 4 nitrogen and oxygen atoms in total. The Morgan fingerprint density at radius 3 is 3.08 bits per heavy atom. The second-order valence-electron chi connectivity index (χ2n) is 2.70. The third-order valence-corrected chi connectivity index (χ3v) is 1.98. The van der Waals surface area contributed by atoms with Crippen LogP contribution in [0.2, 0.25) is 0 Å². The summed E-state index contributed by atoms with van der Waals surface area (Å²) >= 11 is 0. The van der Waals surface area contributed by atoms with Gasteiger partial charge in [-0.1, -0.05) is 5.16 Å². The first kappa shape index (κ1) is 7.91. The Morgan fingerprint density at radius 2 is 2.38 bits per heavy atom. The Bertz CT molecular complexity index is 360. The first-order chi connectivity index (χ1) is 6.35. The van der Waals surface area contributed by atoms with Crippen molar-refractivity contribution in [3.05, 3.63) is 23.8 Å². The number of rotatable bonds is 1. The van der Waals surface area contributed by atoms with Crippen molar-refractivity contribution in [1.29, 1.82) is 0 Å². The van der Waals surface area contributed by atoms with E-state index in [2.05, 4.69) is 5.16 Å². The molecule has 0 amide bonds. The molecule has 0 saturated heterocycles. The van der Waals surface area contributed by atoms with E-state index >= 15 is 0 Å². The van der Waals surface area contributed by atoms with E-state index in [4.69, 9.17) is 14.7 Å². The number of fused-ring (bicyclic) bond motifs is 1. The number of hydrogen-bond donors (Lipinski definition) is 1. The van der Waals surface area contributed by atoms with Gasteiger partial charge in [-0.15, -0.1) is 0 Å². The van der Waals surface area contributed by atoms with Gasteiger partial charge in [0.2, 0.25) is 0 Å². The van der Waals surface area contributed by atoms with Crippen LogP contribution in [0.1, 0.15) is 5.56 Å². The highest BCUT2D eigenvalue weighted by Crippen LogP contribution is 2.29. The van der Waals surface area contributed by atoms with Gasteiger partial charge in [-0.25, -0.2) is 0 Å². The molecule has 68 valence electrons. The maximum atomic E-state index is 8.62. The molecule has 0 aliphatic carbocycles. The maximum Gasteiger partial charge on any atom is 0.134 e. The summed E-state index contributed by atoms with van der Waals surface area (Å²) in [6, 6.07) is 5.39. The fourth-order valence-electron chi connectivity index (χ4n) is 1.29. The van der Waals surface area contributed by atoms with Crippen LogP contribution in [0.5, 0.6) is 11.5 Å². The average molecular weight is 179 g/mol. The second kappa shape index (κ2) is 2.97. The van der Waals surface area contributed by atoms with Crippen LogP contribution in [-0.2, 0) is 0 Å². The molecular weight excluding hydrogens is 170 g/mol. The van der Waals surface area contributed by atoms with Crippen molar-refractivity contribution in [3.8, 4) is 11.5 Å². The molecule has 1 aliphatic rings. The quantitative estimate of drug-likeness (QED) is 0.521. The van der Waals surface area contributed by atoms with E-state index in [-0.39, 0.29) is 0 Å². The first-order valence-electron chi connectivity index (χ1n) is 3.87. The number of methoxy groups -OCH3 is 1. The lowest BCUT2D eigenvalue weighted by atomic mass is 10.1. The van der Waals surface area contributed by atoms with Crippen molar-refractivity contribution >= 4 is 5.71 Å². The minimum absolute atomic E-state index is 0.318. The molecule has 0 saturated carbocycles. The number of hydrogen-bond acceptors (Lipinski definition) is 4. The smallest absolute Gasteiger partial charge is 0.134 e. The molecular formula is C9H9NO3. The van der Waals surface area contributed by atoms with E-state index in [0.29, 0.717) is 18.1 Å². The molecule has 0 spiro atoms. The maximum absolute atomic E-state index is 8.62. The Balaban J connectivity index is 2.46. The van der Waals surface area contributed by atoms with Gasteiger partial charge in [-0.2, -0.15) is 0 Å². The summed E-state index contributed by atoms with van der Waals surface area (Å²) in [4.78, 5) is 0. The van der Waals surface area contributed by atoms with Crippen LogP contribution < -0.4 is 9.47 Å². The van der Waals surface area contributed by atoms with Crippen LogP contribution in [0, 0.1) is 0 Å². The molecule has 2 rings (SSSR count). The summed E-state index contributed by atoms with van der Waals surface area (Å²) in [6.45, 7) is 0.318. The number of nitrogens with zero attached hydrogens (tertiary/aromatic N) is 1. The van der Waals surface area contributed by atoms with E-state index in [1.165, 1.54) is 0 Å². The molecule has 1 aliphatic heterocycles. The number of oxime groups is 1. The van der Waals surface area contributed by atoms with Crippen molar-refractivity contribution in [3.63, 3.8) is 0 Å². The third-order valence-electron chi connectivity index (χ3n) is 1.98. The average Bonchev–Trinajstić information content (AvgIpc) is 2.59. The number of ether oxygens (including phenoxy) is 2. The van der Waals surface area contributed by atoms with Gasteiger partial charge in [-0.05, 0) is 12.1 Å². The van der Waals surface area contributed by atoms with Crippen molar-refractivity contribution in [2.45, 2.75) is 0 Å². The van der Waals surface area contributed by atoms with Gasteiger partial charge in [0.05, 0.1) is 7.11 Å². The summed E-state index contributed by atoms with van der Waals surface area (Å²) in [7, 11) is 1.59. The van der Waals surface area contributed by atoms with Gasteiger partial charge < -0.3 is 14.7 Å². The van der Waals surface area contributed by atoms with E-state index in [9.17, 15) is 0 Å². The van der Waals surface area contributed by atoms with E-state index in [0.717, 1.165) is 11.3 Å². The lowest BCUT2D eigenvalue weighted by molar-refractivity contribution is 0.313. The first-order valence-corrected chi connectivity index (χ1v) is 3.87. The van der Waals surface area contributed by atoms with Gasteiger partial charge >= 0.3 is 0 Å². The highest BCUT2D eigenvalue weighted by Gasteiger charge is 2.19. The molecule has 0 atom stereocenters. The fraction of sp³-hybridized carbons (Fsp3) is 0.222. The minimum atomic E-state index is 0.318. The van der Waals surface area contributed by atoms with Crippen LogP contribution in [0.25, 0.3) is 0 Å². The normalized spacial score (nSPS) is 16.8. The third kappa shape index (κ3) is 1.20. The zero-order valence-electron chi connectivity index (χ0n) is 7.15. The summed E-state index contributed by atoms with van der Waals surface area (Å²) in [6.07, 6.45) is 0. The van der Waals surface area contributed by atoms with Gasteiger partial charge in [-0.3, -0.25) is 0 Å². The molecule has 0 aromatic heterocycles. The highest BCUT2D eigenvalue weighted by molar-refractivity contribution is 6.05. The van der Waals surface area contributed by atoms with Gasteiger partial charge in [0.25, 0.3) is 0 Å². The second-order valence-corrected chi connectivity index (χ2v) is 2.70. The number of benzene rings is 1. The standard InChI is InChI=1S/C9H9NO3/c1-12-6-2-3-7-8(10-11)5-13-9(7)4-6/h2-4,11H,5H2,1H3/b10-8-. The Hall–Kier alpha value is -1.71. The van der Waals surface area contributed by atoms with Crippen LogP contribution in [0.4, 0.5) is 0 Å². The summed E-state index contributed by atoms with van der Waals surface area (Å²) < 4.78 is 10.3. The van der Waals surface area contributed by atoms with Crippen molar-refractivity contribution in [2.75, 3.05) is 13.7 Å². The summed E-state index contributed by atoms with van der Waals surface area (Å²) in [5, 5.41) is 11.8. The van der Waals surface area contributed by atoms with Crippen LogP contribution in [0.3, 0.4) is 0 Å². The van der Waals surface area contributed by atoms with Crippen molar-refractivity contribution in [1.82, 2.24) is 0 Å². The summed E-state index contributed by atoms with van der Waals surface area (Å²) in [5.74, 6) is 1.44. The Labute approximate surface area is 75.4 Å².